The van der Waals surface area contributed by atoms with Crippen LogP contribution in [0.25, 0.3) is 0 Å². The molecule has 3 rings (SSSR count). The Kier molecular flexibility index (Phi) is 5.33. The van der Waals surface area contributed by atoms with Gasteiger partial charge in [0, 0.05) is 17.5 Å². The van der Waals surface area contributed by atoms with Gasteiger partial charge in [-0.3, -0.25) is 0 Å². The molecule has 2 aromatic carbocycles. The van der Waals surface area contributed by atoms with Crippen molar-refractivity contribution in [2.45, 2.75) is 47.2 Å². The Morgan fingerprint density at radius 3 is 1.60 bits per heavy atom. The summed E-state index contributed by atoms with van der Waals surface area (Å²) in [6, 6.07) is 8.96. The third-order valence-corrected chi connectivity index (χ3v) is 4.76. The lowest BCUT2D eigenvalue weighted by atomic mass is 10.0. The number of fused-ring (bicyclic) bond motifs is 2. The maximum Gasteiger partial charge on any atom is 0.131 e. The predicted octanol–water partition coefficient (Wildman–Crippen LogP) is 3.30. The van der Waals surface area contributed by atoms with E-state index >= 15 is 0 Å². The van der Waals surface area contributed by atoms with Crippen LogP contribution in [0, 0.1) is 27.7 Å². The van der Waals surface area contributed by atoms with E-state index in [1.807, 2.05) is 0 Å². The monoisotopic (exact) mass is 340 g/mol. The van der Waals surface area contributed by atoms with E-state index in [4.69, 9.17) is 9.47 Å². The summed E-state index contributed by atoms with van der Waals surface area (Å²) in [5.41, 5.74) is 7.68. The smallest absolute Gasteiger partial charge is 0.131 e. The van der Waals surface area contributed by atoms with Crippen molar-refractivity contribution in [3.8, 4) is 11.5 Å². The fourth-order valence-electron chi connectivity index (χ4n) is 3.88. The zero-order valence-corrected chi connectivity index (χ0v) is 16.2. The summed E-state index contributed by atoms with van der Waals surface area (Å²) in [6.07, 6.45) is 0.891. The lowest BCUT2D eigenvalue weighted by Crippen LogP contribution is -3.06. The Labute approximate surface area is 151 Å². The molecular formula is C22H30NO2+. The fourth-order valence-corrected chi connectivity index (χ4v) is 3.88. The van der Waals surface area contributed by atoms with Gasteiger partial charge >= 0.3 is 0 Å². The van der Waals surface area contributed by atoms with Gasteiger partial charge in [-0.25, -0.2) is 0 Å². The van der Waals surface area contributed by atoms with Gasteiger partial charge in [0.1, 0.15) is 24.6 Å². The molecule has 2 aromatic rings. The van der Waals surface area contributed by atoms with Crippen molar-refractivity contribution in [3.05, 3.63) is 57.6 Å². The first kappa shape index (κ1) is 17.8. The SMILES string of the molecule is Cc1cc(C)c2c(c1)C[NH+](C)Cc1cc(C)cc(C)c1OCCCO2. The van der Waals surface area contributed by atoms with Crippen molar-refractivity contribution in [1.82, 2.24) is 0 Å². The highest BCUT2D eigenvalue weighted by atomic mass is 16.5. The number of hydrogen-bond acceptors (Lipinski definition) is 2. The molecule has 0 amide bonds. The van der Waals surface area contributed by atoms with Crippen molar-refractivity contribution < 1.29 is 14.4 Å². The molecule has 1 aliphatic heterocycles. The van der Waals surface area contributed by atoms with Crippen LogP contribution >= 0.6 is 0 Å². The van der Waals surface area contributed by atoms with Crippen LogP contribution in [-0.4, -0.2) is 20.3 Å². The van der Waals surface area contributed by atoms with Crippen LogP contribution in [0.3, 0.4) is 0 Å². The van der Waals surface area contributed by atoms with E-state index in [9.17, 15) is 0 Å². The highest BCUT2D eigenvalue weighted by Crippen LogP contribution is 2.27. The number of hydrogen-bond donors (Lipinski definition) is 1. The Bertz CT molecular complexity index is 704. The second kappa shape index (κ2) is 7.49. The van der Waals surface area contributed by atoms with Gasteiger partial charge in [-0.2, -0.15) is 0 Å². The summed E-state index contributed by atoms with van der Waals surface area (Å²) in [6.45, 7) is 11.9. The zero-order valence-electron chi connectivity index (χ0n) is 16.2. The molecule has 0 aliphatic carbocycles. The van der Waals surface area contributed by atoms with Gasteiger partial charge in [0.2, 0.25) is 0 Å². The number of quaternary nitrogens is 1. The molecule has 0 radical (unpaired) electrons. The van der Waals surface area contributed by atoms with E-state index in [0.29, 0.717) is 13.2 Å². The second-order valence-electron chi connectivity index (χ2n) is 7.50. The maximum absolute atomic E-state index is 6.14. The van der Waals surface area contributed by atoms with Crippen LogP contribution in [0.5, 0.6) is 11.5 Å². The van der Waals surface area contributed by atoms with Gasteiger partial charge in [-0.1, -0.05) is 23.3 Å². The minimum Gasteiger partial charge on any atom is -0.493 e. The molecule has 3 heteroatoms. The minimum atomic E-state index is 0.691. The summed E-state index contributed by atoms with van der Waals surface area (Å²) >= 11 is 0. The van der Waals surface area contributed by atoms with Gasteiger partial charge in [0.15, 0.2) is 0 Å². The largest absolute Gasteiger partial charge is 0.493 e. The summed E-state index contributed by atoms with van der Waals surface area (Å²) in [5.74, 6) is 2.12. The molecule has 0 atom stereocenters. The molecule has 1 heterocycles. The number of nitrogens with one attached hydrogen (secondary N) is 1. The van der Waals surface area contributed by atoms with Crippen LogP contribution in [0.1, 0.15) is 39.8 Å². The van der Waals surface area contributed by atoms with E-state index in [2.05, 4.69) is 59.0 Å². The van der Waals surface area contributed by atoms with Crippen LogP contribution < -0.4 is 14.4 Å². The normalized spacial score (nSPS) is 15.9. The van der Waals surface area contributed by atoms with Crippen LogP contribution in [-0.2, 0) is 13.1 Å². The van der Waals surface area contributed by atoms with E-state index in [1.165, 1.54) is 38.3 Å². The van der Waals surface area contributed by atoms with Crippen LogP contribution in [0.4, 0.5) is 0 Å². The average molecular weight is 340 g/mol. The molecule has 0 aromatic heterocycles. The lowest BCUT2D eigenvalue weighted by Gasteiger charge is -2.22. The molecular weight excluding hydrogens is 310 g/mol. The lowest BCUT2D eigenvalue weighted by molar-refractivity contribution is -0.907. The Morgan fingerprint density at radius 1 is 0.720 bits per heavy atom. The first-order valence-corrected chi connectivity index (χ1v) is 9.21. The molecule has 134 valence electrons. The molecule has 0 unspecified atom stereocenters. The van der Waals surface area contributed by atoms with E-state index in [-0.39, 0.29) is 0 Å². The van der Waals surface area contributed by atoms with Gasteiger partial charge in [-0.05, 0) is 51.0 Å². The van der Waals surface area contributed by atoms with Crippen LogP contribution in [0.2, 0.25) is 0 Å². The Morgan fingerprint density at radius 2 is 1.16 bits per heavy atom. The Hall–Kier alpha value is -2.00. The zero-order chi connectivity index (χ0) is 18.0. The van der Waals surface area contributed by atoms with Crippen LogP contribution in [0.15, 0.2) is 24.3 Å². The standard InChI is InChI=1S/C22H29NO2/c1-15-9-17(3)21-19(11-15)13-23(5)14-20-12-16(2)10-18(4)22(20)25-8-6-7-24-21/h9-12H,6-8,13-14H2,1-5H3/p+1. The van der Waals surface area contributed by atoms with Gasteiger partial charge < -0.3 is 14.4 Å². The number of rotatable bonds is 0. The van der Waals surface area contributed by atoms with Crippen molar-refractivity contribution in [3.63, 3.8) is 0 Å². The molecule has 1 aliphatic rings. The van der Waals surface area contributed by atoms with E-state index in [0.717, 1.165) is 31.0 Å². The van der Waals surface area contributed by atoms with Crippen molar-refractivity contribution in [2.75, 3.05) is 20.3 Å². The first-order valence-electron chi connectivity index (χ1n) is 9.21. The van der Waals surface area contributed by atoms with Gasteiger partial charge in [0.25, 0.3) is 0 Å². The average Bonchev–Trinajstić information content (AvgIpc) is 2.49. The highest BCUT2D eigenvalue weighted by Gasteiger charge is 2.18. The second-order valence-corrected chi connectivity index (χ2v) is 7.50. The summed E-state index contributed by atoms with van der Waals surface area (Å²) in [5, 5.41) is 0. The molecule has 0 fully saturated rings. The summed E-state index contributed by atoms with van der Waals surface area (Å²) in [4.78, 5) is 1.44. The summed E-state index contributed by atoms with van der Waals surface area (Å²) in [7, 11) is 2.24. The molecule has 0 saturated heterocycles. The molecule has 25 heavy (non-hydrogen) atoms. The molecule has 0 bridgehead atoms. The molecule has 0 saturated carbocycles. The fraction of sp³-hybridized carbons (Fsp3) is 0.455. The quantitative estimate of drug-likeness (QED) is 0.795. The van der Waals surface area contributed by atoms with Gasteiger partial charge in [0.05, 0.1) is 20.3 Å². The predicted molar refractivity (Wildman–Crippen MR) is 102 cm³/mol. The van der Waals surface area contributed by atoms with Gasteiger partial charge in [-0.15, -0.1) is 0 Å². The number of ether oxygens (including phenoxy) is 2. The third kappa shape index (κ3) is 4.16. The van der Waals surface area contributed by atoms with Crippen molar-refractivity contribution >= 4 is 0 Å². The third-order valence-electron chi connectivity index (χ3n) is 4.76. The summed E-state index contributed by atoms with van der Waals surface area (Å²) < 4.78 is 12.3. The van der Waals surface area contributed by atoms with E-state index < -0.39 is 0 Å². The molecule has 0 spiro atoms. The highest BCUT2D eigenvalue weighted by molar-refractivity contribution is 5.44. The molecule has 3 nitrogen and oxygen atoms in total. The molecule has 1 N–H and O–H groups in total. The van der Waals surface area contributed by atoms with Crippen molar-refractivity contribution in [2.24, 2.45) is 0 Å². The minimum absolute atomic E-state index is 0.691. The van der Waals surface area contributed by atoms with E-state index in [1.54, 1.807) is 0 Å². The first-order chi connectivity index (χ1) is 11.9. The van der Waals surface area contributed by atoms with Crippen molar-refractivity contribution in [1.29, 1.82) is 0 Å². The number of aryl methyl sites for hydroxylation is 4. The number of benzene rings is 2. The maximum atomic E-state index is 6.14. The topological polar surface area (TPSA) is 22.9 Å². The Balaban J connectivity index is 1.96.